The zero-order chi connectivity index (χ0) is 15.5. The number of halogens is 1. The third-order valence-corrected chi connectivity index (χ3v) is 5.08. The molecule has 1 aliphatic carbocycles. The van der Waals surface area contributed by atoms with Crippen molar-refractivity contribution in [1.29, 1.82) is 5.26 Å². The largest absolute Gasteiger partial charge is 0.245 e. The standard InChI is InChI=1S/C18H17FN2S/c1-12-6-7-17-14(8-12)9-15(10-20)18(21-17)22-11-13-4-2-3-5-16(13)19/h2-5,9,12H,6-8,11H2,1H3. The van der Waals surface area contributed by atoms with Crippen LogP contribution >= 0.6 is 11.8 Å². The normalized spacial score (nSPS) is 16.9. The number of rotatable bonds is 3. The fourth-order valence-corrected chi connectivity index (χ4v) is 3.74. The number of aryl methyl sites for hydroxylation is 1. The van der Waals surface area contributed by atoms with Crippen LogP contribution in [0.25, 0.3) is 0 Å². The Hall–Kier alpha value is -1.86. The molecule has 0 spiro atoms. The number of thioether (sulfide) groups is 1. The van der Waals surface area contributed by atoms with Gasteiger partial charge in [-0.05, 0) is 48.4 Å². The molecule has 0 fully saturated rings. The lowest BCUT2D eigenvalue weighted by molar-refractivity contribution is 0.491. The lowest BCUT2D eigenvalue weighted by Crippen LogP contribution is -2.14. The lowest BCUT2D eigenvalue weighted by Gasteiger charge is -2.21. The Morgan fingerprint density at radius 2 is 2.23 bits per heavy atom. The second-order valence-corrected chi connectivity index (χ2v) is 6.75. The van der Waals surface area contributed by atoms with Gasteiger partial charge in [0, 0.05) is 11.4 Å². The monoisotopic (exact) mass is 312 g/mol. The van der Waals surface area contributed by atoms with E-state index in [0.717, 1.165) is 30.0 Å². The van der Waals surface area contributed by atoms with E-state index in [4.69, 9.17) is 0 Å². The van der Waals surface area contributed by atoms with Gasteiger partial charge in [-0.15, -0.1) is 11.8 Å². The third kappa shape index (κ3) is 3.15. The molecule has 1 aliphatic rings. The van der Waals surface area contributed by atoms with Crippen LogP contribution in [0.3, 0.4) is 0 Å². The smallest absolute Gasteiger partial charge is 0.127 e. The van der Waals surface area contributed by atoms with Crippen molar-refractivity contribution in [3.05, 3.63) is 58.5 Å². The highest BCUT2D eigenvalue weighted by molar-refractivity contribution is 7.98. The molecule has 2 nitrogen and oxygen atoms in total. The van der Waals surface area contributed by atoms with Gasteiger partial charge < -0.3 is 0 Å². The minimum Gasteiger partial charge on any atom is -0.245 e. The Kier molecular flexibility index (Phi) is 4.44. The molecule has 0 radical (unpaired) electrons. The average molecular weight is 312 g/mol. The Bertz CT molecular complexity index is 736. The first-order valence-corrected chi connectivity index (χ1v) is 8.45. The summed E-state index contributed by atoms with van der Waals surface area (Å²) in [5, 5.41) is 10.1. The topological polar surface area (TPSA) is 36.7 Å². The van der Waals surface area contributed by atoms with Gasteiger partial charge in [-0.3, -0.25) is 0 Å². The van der Waals surface area contributed by atoms with Gasteiger partial charge in [0.15, 0.2) is 0 Å². The molecule has 1 heterocycles. The molecule has 1 atom stereocenters. The van der Waals surface area contributed by atoms with Crippen LogP contribution in [-0.2, 0) is 18.6 Å². The maximum atomic E-state index is 13.7. The van der Waals surface area contributed by atoms with E-state index in [-0.39, 0.29) is 5.82 Å². The molecule has 1 aromatic heterocycles. The number of benzene rings is 1. The summed E-state index contributed by atoms with van der Waals surface area (Å²) in [4.78, 5) is 4.68. The van der Waals surface area contributed by atoms with Gasteiger partial charge in [0.25, 0.3) is 0 Å². The zero-order valence-corrected chi connectivity index (χ0v) is 13.3. The van der Waals surface area contributed by atoms with Crippen LogP contribution in [0.5, 0.6) is 0 Å². The number of pyridine rings is 1. The highest BCUT2D eigenvalue weighted by Crippen LogP contribution is 2.31. The molecule has 4 heteroatoms. The molecular formula is C18H17FN2S. The van der Waals surface area contributed by atoms with E-state index in [0.29, 0.717) is 22.8 Å². The van der Waals surface area contributed by atoms with Crippen molar-refractivity contribution in [1.82, 2.24) is 4.98 Å². The molecule has 1 aromatic carbocycles. The molecule has 22 heavy (non-hydrogen) atoms. The SMILES string of the molecule is CC1CCc2nc(SCc3ccccc3F)c(C#N)cc2C1. The van der Waals surface area contributed by atoms with E-state index in [1.165, 1.54) is 23.4 Å². The van der Waals surface area contributed by atoms with Crippen LogP contribution in [0.1, 0.15) is 35.7 Å². The molecule has 0 N–H and O–H groups in total. The molecule has 3 rings (SSSR count). The summed E-state index contributed by atoms with van der Waals surface area (Å²) in [6.07, 6.45) is 3.11. The van der Waals surface area contributed by atoms with Crippen LogP contribution in [0.15, 0.2) is 35.4 Å². The maximum Gasteiger partial charge on any atom is 0.127 e. The van der Waals surface area contributed by atoms with Crippen LogP contribution < -0.4 is 0 Å². The van der Waals surface area contributed by atoms with Gasteiger partial charge in [0.2, 0.25) is 0 Å². The minimum absolute atomic E-state index is 0.208. The minimum atomic E-state index is -0.208. The summed E-state index contributed by atoms with van der Waals surface area (Å²) in [6.45, 7) is 2.23. The Morgan fingerprint density at radius 3 is 3.00 bits per heavy atom. The fourth-order valence-electron chi connectivity index (χ4n) is 2.78. The van der Waals surface area contributed by atoms with Crippen LogP contribution in [-0.4, -0.2) is 4.98 Å². The second-order valence-electron chi connectivity index (χ2n) is 5.79. The van der Waals surface area contributed by atoms with Crippen LogP contribution in [0, 0.1) is 23.1 Å². The van der Waals surface area contributed by atoms with Crippen molar-refractivity contribution < 1.29 is 4.39 Å². The van der Waals surface area contributed by atoms with Gasteiger partial charge in [0.05, 0.1) is 5.56 Å². The maximum absolute atomic E-state index is 13.7. The molecule has 0 amide bonds. The average Bonchev–Trinajstić information content (AvgIpc) is 2.53. The molecule has 0 aliphatic heterocycles. The van der Waals surface area contributed by atoms with E-state index in [2.05, 4.69) is 18.0 Å². The Morgan fingerprint density at radius 1 is 1.41 bits per heavy atom. The van der Waals surface area contributed by atoms with Crippen molar-refractivity contribution in [2.45, 2.75) is 37.0 Å². The summed E-state index contributed by atoms with van der Waals surface area (Å²) in [6, 6.07) is 10.9. The van der Waals surface area contributed by atoms with Gasteiger partial charge in [-0.1, -0.05) is 25.1 Å². The van der Waals surface area contributed by atoms with Crippen molar-refractivity contribution in [2.24, 2.45) is 5.92 Å². The molecule has 1 unspecified atom stereocenters. The third-order valence-electron chi connectivity index (χ3n) is 4.04. The van der Waals surface area contributed by atoms with E-state index in [1.54, 1.807) is 12.1 Å². The fraction of sp³-hybridized carbons (Fsp3) is 0.333. The number of hydrogen-bond donors (Lipinski definition) is 0. The lowest BCUT2D eigenvalue weighted by atomic mass is 9.87. The van der Waals surface area contributed by atoms with Gasteiger partial charge in [0.1, 0.15) is 16.9 Å². The highest BCUT2D eigenvalue weighted by atomic mass is 32.2. The van der Waals surface area contributed by atoms with Crippen molar-refractivity contribution in [3.8, 4) is 6.07 Å². The summed E-state index contributed by atoms with van der Waals surface area (Å²) in [5.41, 5.74) is 3.55. The quantitative estimate of drug-likeness (QED) is 0.782. The van der Waals surface area contributed by atoms with E-state index >= 15 is 0 Å². The van der Waals surface area contributed by atoms with E-state index in [1.807, 2.05) is 12.1 Å². The molecule has 0 saturated heterocycles. The number of aromatic nitrogens is 1. The number of nitrogens with zero attached hydrogens (tertiary/aromatic N) is 2. The second kappa shape index (κ2) is 6.50. The summed E-state index contributed by atoms with van der Waals surface area (Å²) >= 11 is 1.44. The first kappa shape index (κ1) is 15.1. The molecule has 2 aromatic rings. The predicted molar refractivity (Wildman–Crippen MR) is 86.1 cm³/mol. The van der Waals surface area contributed by atoms with Crippen LogP contribution in [0.4, 0.5) is 4.39 Å². The van der Waals surface area contributed by atoms with Gasteiger partial charge >= 0.3 is 0 Å². The Labute approximate surface area is 134 Å². The van der Waals surface area contributed by atoms with Crippen LogP contribution in [0.2, 0.25) is 0 Å². The van der Waals surface area contributed by atoms with E-state index in [9.17, 15) is 9.65 Å². The van der Waals surface area contributed by atoms with E-state index < -0.39 is 0 Å². The first-order valence-electron chi connectivity index (χ1n) is 7.46. The zero-order valence-electron chi connectivity index (χ0n) is 12.5. The highest BCUT2D eigenvalue weighted by Gasteiger charge is 2.19. The summed E-state index contributed by atoms with van der Waals surface area (Å²) in [7, 11) is 0. The van der Waals surface area contributed by atoms with Crippen molar-refractivity contribution >= 4 is 11.8 Å². The predicted octanol–water partition coefficient (Wildman–Crippen LogP) is 4.51. The van der Waals surface area contributed by atoms with Crippen molar-refractivity contribution in [2.75, 3.05) is 0 Å². The Balaban J connectivity index is 1.85. The summed E-state index contributed by atoms with van der Waals surface area (Å²) < 4.78 is 13.7. The molecule has 112 valence electrons. The van der Waals surface area contributed by atoms with Gasteiger partial charge in [-0.25, -0.2) is 9.37 Å². The number of nitriles is 1. The van der Waals surface area contributed by atoms with Crippen molar-refractivity contribution in [3.63, 3.8) is 0 Å². The molecular weight excluding hydrogens is 295 g/mol. The number of fused-ring (bicyclic) bond motifs is 1. The molecule has 0 bridgehead atoms. The first-order chi connectivity index (χ1) is 10.7. The molecule has 0 saturated carbocycles. The van der Waals surface area contributed by atoms with Gasteiger partial charge in [-0.2, -0.15) is 5.26 Å². The summed E-state index contributed by atoms with van der Waals surface area (Å²) in [5.74, 6) is 0.932. The number of hydrogen-bond acceptors (Lipinski definition) is 3.